The van der Waals surface area contributed by atoms with Crippen LogP contribution in [0.1, 0.15) is 27.0 Å². The molecule has 0 bridgehead atoms. The number of imidazole rings is 1. The number of ether oxygens (including phenoxy) is 1. The van der Waals surface area contributed by atoms with E-state index in [2.05, 4.69) is 64.7 Å². The molecule has 3 N–H and O–H groups in total. The molecule has 2 saturated heterocycles. The summed E-state index contributed by atoms with van der Waals surface area (Å²) >= 11 is 8.59. The first-order chi connectivity index (χ1) is 13.8. The lowest BCUT2D eigenvalue weighted by molar-refractivity contribution is -0.0597. The topological polar surface area (TPSA) is 127 Å². The van der Waals surface area contributed by atoms with Crippen molar-refractivity contribution in [3.05, 3.63) is 11.1 Å². The molecular weight excluding hydrogens is 513 g/mol. The fraction of sp³-hybridized carbons (Fsp3) is 0.688. The Morgan fingerprint density at radius 3 is 2.77 bits per heavy atom. The molecule has 0 radical (unpaired) electrons. The Bertz CT molecular complexity index is 1030. The van der Waals surface area contributed by atoms with Gasteiger partial charge in [-0.15, -0.1) is 0 Å². The fourth-order valence-corrected chi connectivity index (χ4v) is 6.57. The van der Waals surface area contributed by atoms with Crippen LogP contribution in [0.2, 0.25) is 18.1 Å². The van der Waals surface area contributed by atoms with Crippen LogP contribution in [0.5, 0.6) is 0 Å². The number of rotatable bonds is 3. The Morgan fingerprint density at radius 2 is 2.10 bits per heavy atom. The van der Waals surface area contributed by atoms with Crippen LogP contribution in [0.15, 0.2) is 11.1 Å². The molecule has 0 aliphatic carbocycles. The molecule has 10 nitrogen and oxygen atoms in total. The summed E-state index contributed by atoms with van der Waals surface area (Å²) in [6, 6.07) is 0. The highest BCUT2D eigenvalue weighted by Gasteiger charge is 2.55. The van der Waals surface area contributed by atoms with Crippen LogP contribution in [0.4, 0.5) is 5.82 Å². The molecular formula is C16H25BrN5O5PSSi. The van der Waals surface area contributed by atoms with Crippen molar-refractivity contribution in [1.82, 2.24) is 19.5 Å². The van der Waals surface area contributed by atoms with Crippen LogP contribution in [-0.4, -0.2) is 57.6 Å². The molecule has 30 heavy (non-hydrogen) atoms. The molecule has 4 rings (SSSR count). The van der Waals surface area contributed by atoms with E-state index in [1.54, 1.807) is 4.57 Å². The lowest BCUT2D eigenvalue weighted by atomic mass is 10.1. The number of nitrogens with two attached hydrogens (primary N) is 1. The average Bonchev–Trinajstić information content (AvgIpc) is 3.11. The molecule has 2 aliphatic heterocycles. The van der Waals surface area contributed by atoms with Crippen molar-refractivity contribution in [3.8, 4) is 0 Å². The maximum absolute atomic E-state index is 10.3. The van der Waals surface area contributed by atoms with Gasteiger partial charge in [-0.3, -0.25) is 9.09 Å². The van der Waals surface area contributed by atoms with E-state index in [1.165, 1.54) is 6.33 Å². The van der Waals surface area contributed by atoms with Crippen molar-refractivity contribution in [2.45, 2.75) is 63.4 Å². The van der Waals surface area contributed by atoms with E-state index in [0.717, 1.165) is 0 Å². The van der Waals surface area contributed by atoms with Crippen molar-refractivity contribution in [3.63, 3.8) is 0 Å². The maximum Gasteiger partial charge on any atom is 0.325 e. The van der Waals surface area contributed by atoms with E-state index in [4.69, 9.17) is 35.8 Å². The monoisotopic (exact) mass is 537 g/mol. The van der Waals surface area contributed by atoms with Gasteiger partial charge in [0, 0.05) is 0 Å². The summed E-state index contributed by atoms with van der Waals surface area (Å²) in [7, 11) is -2.25. The highest BCUT2D eigenvalue weighted by Crippen LogP contribution is 2.54. The minimum Gasteiger partial charge on any atom is -0.407 e. The third kappa shape index (κ3) is 3.88. The molecule has 14 heteroatoms. The van der Waals surface area contributed by atoms with Gasteiger partial charge in [-0.1, -0.05) is 20.8 Å². The second-order valence-electron chi connectivity index (χ2n) is 8.92. The van der Waals surface area contributed by atoms with Gasteiger partial charge in [-0.25, -0.2) is 15.0 Å². The Hall–Kier alpha value is -0.503. The lowest BCUT2D eigenvalue weighted by Gasteiger charge is -2.41. The van der Waals surface area contributed by atoms with Crippen LogP contribution in [0.25, 0.3) is 11.2 Å². The second kappa shape index (κ2) is 7.53. The molecule has 2 aromatic heterocycles. The standard InChI is InChI=1S/C16H25BrN5O5PSSi/c1-16(2,3)30(4,5)27-11-10-8(6-24-28(23,29)26-10)25-14(11)22-13-9(21-15(22)17)12(18)19-7-20-13/h7-8,10-11,14H,6H2,1-5H3,(H,23,29)(H2,18,19,20)/t8?,10-,11-,14?,28?/m0/s1. The van der Waals surface area contributed by atoms with Gasteiger partial charge in [0.15, 0.2) is 36.3 Å². The normalized spacial score (nSPS) is 32.5. The predicted molar refractivity (Wildman–Crippen MR) is 121 cm³/mol. The van der Waals surface area contributed by atoms with Gasteiger partial charge < -0.3 is 24.3 Å². The van der Waals surface area contributed by atoms with Gasteiger partial charge in [0.25, 0.3) is 0 Å². The van der Waals surface area contributed by atoms with Crippen molar-refractivity contribution in [1.29, 1.82) is 0 Å². The predicted octanol–water partition coefficient (Wildman–Crippen LogP) is 3.09. The highest BCUT2D eigenvalue weighted by molar-refractivity contribution is 9.10. The van der Waals surface area contributed by atoms with Crippen molar-refractivity contribution in [2.24, 2.45) is 0 Å². The van der Waals surface area contributed by atoms with Gasteiger partial charge in [0.05, 0.1) is 6.61 Å². The van der Waals surface area contributed by atoms with Crippen molar-refractivity contribution >= 4 is 59.8 Å². The summed E-state index contributed by atoms with van der Waals surface area (Å²) in [6.45, 7) is 7.50. The first-order valence-corrected chi connectivity index (χ1v) is 15.7. The largest absolute Gasteiger partial charge is 0.407 e. The summed E-state index contributed by atoms with van der Waals surface area (Å²) in [5, 5.41) is -0.0545. The molecule has 3 unspecified atom stereocenters. The summed E-state index contributed by atoms with van der Waals surface area (Å²) in [4.78, 5) is 23.1. The number of nitrogen functional groups attached to an aromatic ring is 1. The van der Waals surface area contributed by atoms with E-state index >= 15 is 0 Å². The van der Waals surface area contributed by atoms with E-state index in [0.29, 0.717) is 15.9 Å². The molecule has 0 saturated carbocycles. The average molecular weight is 538 g/mol. The Balaban J connectivity index is 1.81. The van der Waals surface area contributed by atoms with E-state index in [9.17, 15) is 4.89 Å². The molecule has 4 heterocycles. The third-order valence-corrected chi connectivity index (χ3v) is 12.5. The summed E-state index contributed by atoms with van der Waals surface area (Å²) in [5.41, 5.74) is 6.95. The Labute approximate surface area is 189 Å². The lowest BCUT2D eigenvalue weighted by Crippen LogP contribution is -2.50. The zero-order chi connectivity index (χ0) is 22.1. The third-order valence-electron chi connectivity index (χ3n) is 5.90. The fourth-order valence-electron chi connectivity index (χ4n) is 3.30. The number of aromatic nitrogens is 4. The number of hydrogen-bond donors (Lipinski definition) is 2. The van der Waals surface area contributed by atoms with Gasteiger partial charge >= 0.3 is 6.72 Å². The van der Waals surface area contributed by atoms with Crippen LogP contribution >= 0.6 is 22.6 Å². The van der Waals surface area contributed by atoms with E-state index in [1.807, 2.05) is 0 Å². The summed E-state index contributed by atoms with van der Waals surface area (Å²) < 4.78 is 26.4. The molecule has 2 aromatic rings. The molecule has 2 fully saturated rings. The molecule has 0 amide bonds. The van der Waals surface area contributed by atoms with Crippen molar-refractivity contribution in [2.75, 3.05) is 12.3 Å². The number of hydrogen-bond acceptors (Lipinski definition) is 9. The number of nitrogens with zero attached hydrogens (tertiary/aromatic N) is 4. The summed E-state index contributed by atoms with van der Waals surface area (Å²) in [6.07, 6.45) is -0.867. The van der Waals surface area contributed by atoms with Crippen LogP contribution in [-0.2, 0) is 30.0 Å². The van der Waals surface area contributed by atoms with Gasteiger partial charge in [-0.05, 0) is 45.9 Å². The first kappa shape index (κ1) is 22.7. The van der Waals surface area contributed by atoms with E-state index < -0.39 is 39.6 Å². The zero-order valence-corrected chi connectivity index (χ0v) is 21.6. The first-order valence-electron chi connectivity index (χ1n) is 9.44. The van der Waals surface area contributed by atoms with Crippen LogP contribution in [0.3, 0.4) is 0 Å². The molecule has 0 aromatic carbocycles. The minimum absolute atomic E-state index is 0.0545. The molecule has 0 spiro atoms. The number of anilines is 1. The quantitative estimate of drug-likeness (QED) is 0.342. The number of fused-ring (bicyclic) bond motifs is 2. The van der Waals surface area contributed by atoms with E-state index in [-0.39, 0.29) is 17.5 Å². The Kier molecular flexibility index (Phi) is 5.69. The molecule has 2 aliphatic rings. The highest BCUT2D eigenvalue weighted by atomic mass is 79.9. The molecule has 5 atom stereocenters. The van der Waals surface area contributed by atoms with Crippen molar-refractivity contribution < 1.29 is 23.1 Å². The van der Waals surface area contributed by atoms with Crippen LogP contribution < -0.4 is 5.73 Å². The van der Waals surface area contributed by atoms with Gasteiger partial charge in [0.1, 0.15) is 24.6 Å². The smallest absolute Gasteiger partial charge is 0.325 e. The SMILES string of the molecule is CC(C)(C)[Si](C)(C)O[C@@H]1C(n2c(Br)nc3c(N)ncnc32)OC2COP(O)(=S)O[C@@H]21. The van der Waals surface area contributed by atoms with Gasteiger partial charge in [-0.2, -0.15) is 0 Å². The molecule has 166 valence electrons. The zero-order valence-electron chi connectivity index (χ0n) is 17.3. The summed E-state index contributed by atoms with van der Waals surface area (Å²) in [5.74, 6) is 0.266. The maximum atomic E-state index is 10.3. The van der Waals surface area contributed by atoms with Crippen LogP contribution in [0, 0.1) is 0 Å². The number of halogens is 1. The van der Waals surface area contributed by atoms with Gasteiger partial charge in [0.2, 0.25) is 0 Å². The Morgan fingerprint density at radius 1 is 1.40 bits per heavy atom. The second-order valence-corrected chi connectivity index (χ2v) is 17.2. The minimum atomic E-state index is -3.36.